The van der Waals surface area contributed by atoms with Gasteiger partial charge in [-0.25, -0.2) is 0 Å². The lowest BCUT2D eigenvalue weighted by molar-refractivity contribution is 0.265. The molecule has 0 unspecified atom stereocenters. The average molecular weight is 224 g/mol. The average Bonchev–Trinajstić information content (AvgIpc) is 2.78. The lowest BCUT2D eigenvalue weighted by atomic mass is 10.3. The Hall–Kier alpha value is -1.07. The zero-order chi connectivity index (χ0) is 11.4. The first-order valence-electron chi connectivity index (χ1n) is 5.89. The zero-order valence-corrected chi connectivity index (χ0v) is 10.1. The molecule has 0 aliphatic carbocycles. The number of nitrogens with zero attached hydrogens (tertiary/aromatic N) is 3. The highest BCUT2D eigenvalue weighted by atomic mass is 16.4. The van der Waals surface area contributed by atoms with Crippen LogP contribution in [0.25, 0.3) is 0 Å². The summed E-state index contributed by atoms with van der Waals surface area (Å²) in [5.74, 6) is 0. The maximum atomic E-state index is 5.48. The van der Waals surface area contributed by atoms with E-state index in [2.05, 4.69) is 27.0 Å². The SMILES string of the molecule is CCN1CCN(c2nc(CNC)co2)CC1. The second-order valence-corrected chi connectivity index (χ2v) is 4.07. The van der Waals surface area contributed by atoms with Crippen LogP contribution in [0.15, 0.2) is 10.7 Å². The van der Waals surface area contributed by atoms with Gasteiger partial charge in [0.15, 0.2) is 0 Å². The molecule has 16 heavy (non-hydrogen) atoms. The highest BCUT2D eigenvalue weighted by Gasteiger charge is 2.19. The molecule has 0 spiro atoms. The third kappa shape index (κ3) is 2.54. The summed E-state index contributed by atoms with van der Waals surface area (Å²) in [7, 11) is 1.91. The van der Waals surface area contributed by atoms with Crippen LogP contribution < -0.4 is 10.2 Å². The summed E-state index contributed by atoms with van der Waals surface area (Å²) in [6, 6.07) is 0.765. The number of anilines is 1. The van der Waals surface area contributed by atoms with Crippen LogP contribution in [-0.2, 0) is 6.54 Å². The van der Waals surface area contributed by atoms with Crippen LogP contribution in [0.1, 0.15) is 12.6 Å². The van der Waals surface area contributed by atoms with Gasteiger partial charge in [-0.3, -0.25) is 0 Å². The van der Waals surface area contributed by atoms with Gasteiger partial charge in [-0.05, 0) is 13.6 Å². The second-order valence-electron chi connectivity index (χ2n) is 4.07. The fourth-order valence-corrected chi connectivity index (χ4v) is 1.96. The molecule has 0 amide bonds. The number of oxazole rings is 1. The Morgan fingerprint density at radius 1 is 1.38 bits per heavy atom. The summed E-state index contributed by atoms with van der Waals surface area (Å²) in [6.45, 7) is 8.30. The Labute approximate surface area is 96.4 Å². The van der Waals surface area contributed by atoms with Gasteiger partial charge in [-0.2, -0.15) is 4.98 Å². The Balaban J connectivity index is 1.92. The minimum Gasteiger partial charge on any atom is -0.432 e. The van der Waals surface area contributed by atoms with Crippen molar-refractivity contribution >= 4 is 6.01 Å². The summed E-state index contributed by atoms with van der Waals surface area (Å²) in [6.07, 6.45) is 1.73. The normalized spacial score (nSPS) is 18.0. The Kier molecular flexibility index (Phi) is 3.79. The van der Waals surface area contributed by atoms with Crippen LogP contribution in [0, 0.1) is 0 Å². The van der Waals surface area contributed by atoms with E-state index >= 15 is 0 Å². The van der Waals surface area contributed by atoms with Crippen LogP contribution in [-0.4, -0.2) is 49.7 Å². The van der Waals surface area contributed by atoms with Crippen LogP contribution in [0.2, 0.25) is 0 Å². The lowest BCUT2D eigenvalue weighted by Crippen LogP contribution is -2.46. The maximum Gasteiger partial charge on any atom is 0.297 e. The fourth-order valence-electron chi connectivity index (χ4n) is 1.96. The van der Waals surface area contributed by atoms with Crippen molar-refractivity contribution in [3.8, 4) is 0 Å². The molecule has 0 saturated carbocycles. The van der Waals surface area contributed by atoms with Gasteiger partial charge in [0.05, 0.1) is 5.69 Å². The van der Waals surface area contributed by atoms with Gasteiger partial charge in [0, 0.05) is 32.7 Å². The van der Waals surface area contributed by atoms with E-state index in [1.807, 2.05) is 7.05 Å². The molecule has 1 aromatic rings. The fraction of sp³-hybridized carbons (Fsp3) is 0.727. The molecule has 1 aliphatic rings. The van der Waals surface area contributed by atoms with Crippen LogP contribution in [0.5, 0.6) is 0 Å². The van der Waals surface area contributed by atoms with Crippen molar-refractivity contribution in [2.45, 2.75) is 13.5 Å². The summed E-state index contributed by atoms with van der Waals surface area (Å²) >= 11 is 0. The minimum absolute atomic E-state index is 0.762. The predicted octanol–water partition coefficient (Wildman–Crippen LogP) is 0.536. The number of rotatable bonds is 4. The van der Waals surface area contributed by atoms with Gasteiger partial charge in [0.1, 0.15) is 6.26 Å². The number of hydrogen-bond donors (Lipinski definition) is 1. The molecule has 0 bridgehead atoms. The van der Waals surface area contributed by atoms with Crippen molar-refractivity contribution in [3.63, 3.8) is 0 Å². The van der Waals surface area contributed by atoms with Crippen molar-refractivity contribution in [1.29, 1.82) is 0 Å². The van der Waals surface area contributed by atoms with Crippen molar-refractivity contribution in [3.05, 3.63) is 12.0 Å². The van der Waals surface area contributed by atoms with Gasteiger partial charge in [0.2, 0.25) is 0 Å². The smallest absolute Gasteiger partial charge is 0.297 e. The summed E-state index contributed by atoms with van der Waals surface area (Å²) < 4.78 is 5.48. The first-order valence-corrected chi connectivity index (χ1v) is 5.89. The molecule has 2 rings (SSSR count). The number of hydrogen-bond acceptors (Lipinski definition) is 5. The lowest BCUT2D eigenvalue weighted by Gasteiger charge is -2.32. The van der Waals surface area contributed by atoms with Crippen LogP contribution in [0.4, 0.5) is 6.01 Å². The number of likely N-dealkylation sites (N-methyl/N-ethyl adjacent to an activating group) is 1. The number of piperazine rings is 1. The van der Waals surface area contributed by atoms with Crippen LogP contribution in [0.3, 0.4) is 0 Å². The number of aromatic nitrogens is 1. The molecule has 90 valence electrons. The van der Waals surface area contributed by atoms with Crippen molar-refractivity contribution < 1.29 is 4.42 Å². The third-order valence-electron chi connectivity index (χ3n) is 2.99. The van der Waals surface area contributed by atoms with Crippen molar-refractivity contribution in [1.82, 2.24) is 15.2 Å². The van der Waals surface area contributed by atoms with E-state index in [0.29, 0.717) is 0 Å². The van der Waals surface area contributed by atoms with E-state index in [0.717, 1.165) is 51.0 Å². The Bertz CT molecular complexity index is 318. The maximum absolute atomic E-state index is 5.48. The number of nitrogens with one attached hydrogen (secondary N) is 1. The van der Waals surface area contributed by atoms with E-state index in [9.17, 15) is 0 Å². The summed E-state index contributed by atoms with van der Waals surface area (Å²) in [5, 5.41) is 3.07. The van der Waals surface area contributed by atoms with E-state index in [1.165, 1.54) is 0 Å². The molecular formula is C11H20N4O. The standard InChI is InChI=1S/C11H20N4O/c1-3-14-4-6-15(7-5-14)11-13-10(8-12-2)9-16-11/h9,12H,3-8H2,1-2H3. The summed E-state index contributed by atoms with van der Waals surface area (Å²) in [5.41, 5.74) is 0.968. The van der Waals surface area contributed by atoms with Gasteiger partial charge < -0.3 is 19.5 Å². The molecule has 5 heteroatoms. The molecule has 0 atom stereocenters. The monoisotopic (exact) mass is 224 g/mol. The molecule has 5 nitrogen and oxygen atoms in total. The minimum atomic E-state index is 0.762. The molecule has 1 aliphatic heterocycles. The largest absolute Gasteiger partial charge is 0.432 e. The highest BCUT2D eigenvalue weighted by Crippen LogP contribution is 2.15. The van der Waals surface area contributed by atoms with E-state index in [-0.39, 0.29) is 0 Å². The molecule has 0 aromatic carbocycles. The molecule has 1 N–H and O–H groups in total. The van der Waals surface area contributed by atoms with Crippen LogP contribution >= 0.6 is 0 Å². The molecular weight excluding hydrogens is 204 g/mol. The second kappa shape index (κ2) is 5.32. The Morgan fingerprint density at radius 2 is 2.12 bits per heavy atom. The molecule has 1 aromatic heterocycles. The zero-order valence-electron chi connectivity index (χ0n) is 10.1. The third-order valence-corrected chi connectivity index (χ3v) is 2.99. The molecule has 0 radical (unpaired) electrons. The first-order chi connectivity index (χ1) is 7.83. The van der Waals surface area contributed by atoms with E-state index in [1.54, 1.807) is 6.26 Å². The molecule has 2 heterocycles. The van der Waals surface area contributed by atoms with E-state index in [4.69, 9.17) is 4.42 Å². The quantitative estimate of drug-likeness (QED) is 0.808. The summed E-state index contributed by atoms with van der Waals surface area (Å²) in [4.78, 5) is 9.10. The van der Waals surface area contributed by atoms with Gasteiger partial charge in [0.25, 0.3) is 6.01 Å². The van der Waals surface area contributed by atoms with E-state index < -0.39 is 0 Å². The Morgan fingerprint density at radius 3 is 2.75 bits per heavy atom. The van der Waals surface area contributed by atoms with Gasteiger partial charge in [-0.1, -0.05) is 6.92 Å². The van der Waals surface area contributed by atoms with Crippen molar-refractivity contribution in [2.75, 3.05) is 44.7 Å². The first kappa shape index (κ1) is 11.4. The van der Waals surface area contributed by atoms with Gasteiger partial charge in [-0.15, -0.1) is 0 Å². The molecule has 1 saturated heterocycles. The topological polar surface area (TPSA) is 44.5 Å². The van der Waals surface area contributed by atoms with Crippen molar-refractivity contribution in [2.24, 2.45) is 0 Å². The predicted molar refractivity (Wildman–Crippen MR) is 63.6 cm³/mol. The van der Waals surface area contributed by atoms with Gasteiger partial charge >= 0.3 is 0 Å². The highest BCUT2D eigenvalue weighted by molar-refractivity contribution is 5.27. The molecule has 1 fully saturated rings.